The molecular weight excluding hydrogens is 262 g/mol. The standard InChI is InChI=1S/C15H20ClNO2/c1-3-15(19)9-17(10-15)14(18)7-6-12-5-4-11(2)13(16)8-12/h4-5,8,19H,3,6-7,9-10H2,1-2H3. The van der Waals surface area contributed by atoms with E-state index < -0.39 is 5.60 Å². The molecular formula is C15H20ClNO2. The molecule has 0 aromatic heterocycles. The molecule has 0 saturated carbocycles. The summed E-state index contributed by atoms with van der Waals surface area (Å²) in [5.74, 6) is 0.106. The topological polar surface area (TPSA) is 40.5 Å². The molecule has 1 amide bonds. The van der Waals surface area contributed by atoms with Crippen molar-refractivity contribution in [3.63, 3.8) is 0 Å². The van der Waals surface area contributed by atoms with Crippen LogP contribution in [-0.4, -0.2) is 34.6 Å². The predicted molar refractivity (Wildman–Crippen MR) is 76.3 cm³/mol. The molecule has 3 nitrogen and oxygen atoms in total. The first-order chi connectivity index (χ1) is 8.93. The van der Waals surface area contributed by atoms with E-state index in [1.807, 2.05) is 32.0 Å². The van der Waals surface area contributed by atoms with Gasteiger partial charge in [-0.05, 0) is 37.0 Å². The summed E-state index contributed by atoms with van der Waals surface area (Å²) in [6.07, 6.45) is 1.86. The fourth-order valence-corrected chi connectivity index (χ4v) is 2.47. The van der Waals surface area contributed by atoms with E-state index >= 15 is 0 Å². The van der Waals surface area contributed by atoms with Crippen LogP contribution in [0.5, 0.6) is 0 Å². The zero-order chi connectivity index (χ0) is 14.0. The predicted octanol–water partition coefficient (Wildman–Crippen LogP) is 2.56. The number of aliphatic hydroxyl groups is 1. The summed E-state index contributed by atoms with van der Waals surface area (Å²) in [5, 5.41) is 10.6. The van der Waals surface area contributed by atoms with Gasteiger partial charge in [-0.25, -0.2) is 0 Å². The van der Waals surface area contributed by atoms with Gasteiger partial charge in [-0.15, -0.1) is 0 Å². The molecule has 0 spiro atoms. The number of hydrogen-bond acceptors (Lipinski definition) is 2. The SMILES string of the molecule is CCC1(O)CN(C(=O)CCc2ccc(C)c(Cl)c2)C1. The fraction of sp³-hybridized carbons (Fsp3) is 0.533. The number of amides is 1. The van der Waals surface area contributed by atoms with Gasteiger partial charge in [0.25, 0.3) is 0 Å². The first kappa shape index (κ1) is 14.4. The number of benzene rings is 1. The summed E-state index contributed by atoms with van der Waals surface area (Å²) >= 11 is 6.06. The van der Waals surface area contributed by atoms with Crippen molar-refractivity contribution in [1.82, 2.24) is 4.90 Å². The number of carbonyl (C=O) groups is 1. The number of likely N-dealkylation sites (tertiary alicyclic amines) is 1. The molecule has 1 fully saturated rings. The van der Waals surface area contributed by atoms with Crippen LogP contribution < -0.4 is 0 Å². The zero-order valence-corrected chi connectivity index (χ0v) is 12.2. The lowest BCUT2D eigenvalue weighted by atomic mass is 9.91. The van der Waals surface area contributed by atoms with Crippen molar-refractivity contribution in [2.75, 3.05) is 13.1 Å². The van der Waals surface area contributed by atoms with E-state index in [9.17, 15) is 9.90 Å². The molecule has 1 saturated heterocycles. The Kier molecular flexibility index (Phi) is 4.16. The second-order valence-electron chi connectivity index (χ2n) is 5.41. The van der Waals surface area contributed by atoms with E-state index in [2.05, 4.69) is 0 Å². The summed E-state index contributed by atoms with van der Waals surface area (Å²) in [7, 11) is 0. The van der Waals surface area contributed by atoms with E-state index in [1.54, 1.807) is 4.90 Å². The van der Waals surface area contributed by atoms with Crippen molar-refractivity contribution in [3.05, 3.63) is 34.3 Å². The van der Waals surface area contributed by atoms with Gasteiger partial charge >= 0.3 is 0 Å². The molecule has 1 aromatic carbocycles. The van der Waals surface area contributed by atoms with Gasteiger partial charge in [-0.1, -0.05) is 30.7 Å². The van der Waals surface area contributed by atoms with Crippen LogP contribution in [-0.2, 0) is 11.2 Å². The highest BCUT2D eigenvalue weighted by Gasteiger charge is 2.41. The van der Waals surface area contributed by atoms with Gasteiger partial charge < -0.3 is 10.0 Å². The van der Waals surface area contributed by atoms with E-state index in [0.717, 1.165) is 16.1 Å². The molecule has 0 atom stereocenters. The zero-order valence-electron chi connectivity index (χ0n) is 11.4. The second kappa shape index (κ2) is 5.51. The van der Waals surface area contributed by atoms with Gasteiger partial charge in [0.2, 0.25) is 5.91 Å². The van der Waals surface area contributed by atoms with Crippen molar-refractivity contribution < 1.29 is 9.90 Å². The largest absolute Gasteiger partial charge is 0.386 e. The number of halogens is 1. The third-order valence-corrected chi connectivity index (χ3v) is 4.25. The first-order valence-electron chi connectivity index (χ1n) is 6.69. The number of aryl methyl sites for hydroxylation is 2. The van der Waals surface area contributed by atoms with E-state index in [4.69, 9.17) is 11.6 Å². The minimum absolute atomic E-state index is 0.106. The van der Waals surface area contributed by atoms with Crippen molar-refractivity contribution >= 4 is 17.5 Å². The van der Waals surface area contributed by atoms with Gasteiger partial charge in [0.1, 0.15) is 0 Å². The third-order valence-electron chi connectivity index (χ3n) is 3.84. The lowest BCUT2D eigenvalue weighted by Gasteiger charge is -2.46. The Hall–Kier alpha value is -1.06. The minimum Gasteiger partial charge on any atom is -0.386 e. The van der Waals surface area contributed by atoms with Crippen LogP contribution in [0.2, 0.25) is 5.02 Å². The molecule has 1 aliphatic heterocycles. The van der Waals surface area contributed by atoms with Crippen LogP contribution in [0.1, 0.15) is 30.9 Å². The Bertz CT molecular complexity index is 481. The molecule has 1 heterocycles. The maximum Gasteiger partial charge on any atom is 0.223 e. The lowest BCUT2D eigenvalue weighted by molar-refractivity contribution is -0.155. The maximum absolute atomic E-state index is 11.9. The molecule has 0 aliphatic carbocycles. The van der Waals surface area contributed by atoms with Crippen molar-refractivity contribution in [2.45, 2.75) is 38.7 Å². The molecule has 1 aromatic rings. The normalized spacial score (nSPS) is 17.2. The first-order valence-corrected chi connectivity index (χ1v) is 7.06. The summed E-state index contributed by atoms with van der Waals surface area (Å²) in [4.78, 5) is 13.7. The lowest BCUT2D eigenvalue weighted by Crippen LogP contribution is -2.63. The number of carbonyl (C=O) groups excluding carboxylic acids is 1. The summed E-state index contributed by atoms with van der Waals surface area (Å²) < 4.78 is 0. The highest BCUT2D eigenvalue weighted by molar-refractivity contribution is 6.31. The minimum atomic E-state index is -0.650. The fourth-order valence-electron chi connectivity index (χ4n) is 2.27. The van der Waals surface area contributed by atoms with Crippen LogP contribution in [0, 0.1) is 6.92 Å². The van der Waals surface area contributed by atoms with Gasteiger partial charge in [0.15, 0.2) is 0 Å². The number of nitrogens with zero attached hydrogens (tertiary/aromatic N) is 1. The monoisotopic (exact) mass is 281 g/mol. The molecule has 1 N–H and O–H groups in total. The second-order valence-corrected chi connectivity index (χ2v) is 5.82. The van der Waals surface area contributed by atoms with E-state index in [-0.39, 0.29) is 5.91 Å². The Labute approximate surface area is 119 Å². The van der Waals surface area contributed by atoms with Gasteiger partial charge in [-0.3, -0.25) is 4.79 Å². The maximum atomic E-state index is 11.9. The molecule has 0 bridgehead atoms. The summed E-state index contributed by atoms with van der Waals surface area (Å²) in [6, 6.07) is 5.90. The molecule has 4 heteroatoms. The van der Waals surface area contributed by atoms with Gasteiger partial charge in [0, 0.05) is 11.4 Å². The Balaban J connectivity index is 1.83. The molecule has 0 radical (unpaired) electrons. The smallest absolute Gasteiger partial charge is 0.223 e. The highest BCUT2D eigenvalue weighted by atomic mass is 35.5. The van der Waals surface area contributed by atoms with E-state index in [0.29, 0.717) is 32.4 Å². The third kappa shape index (κ3) is 3.28. The number of rotatable bonds is 4. The van der Waals surface area contributed by atoms with Crippen LogP contribution in [0.25, 0.3) is 0 Å². The molecule has 2 rings (SSSR count). The van der Waals surface area contributed by atoms with Crippen molar-refractivity contribution in [1.29, 1.82) is 0 Å². The van der Waals surface area contributed by atoms with Crippen LogP contribution in [0.15, 0.2) is 18.2 Å². The summed E-state index contributed by atoms with van der Waals surface area (Å²) in [5.41, 5.74) is 1.48. The average molecular weight is 282 g/mol. The Morgan fingerprint density at radius 2 is 2.16 bits per heavy atom. The quantitative estimate of drug-likeness (QED) is 0.921. The van der Waals surface area contributed by atoms with Crippen molar-refractivity contribution in [3.8, 4) is 0 Å². The van der Waals surface area contributed by atoms with Gasteiger partial charge in [-0.2, -0.15) is 0 Å². The Morgan fingerprint density at radius 1 is 1.47 bits per heavy atom. The van der Waals surface area contributed by atoms with Gasteiger partial charge in [0.05, 0.1) is 18.7 Å². The Morgan fingerprint density at radius 3 is 2.74 bits per heavy atom. The average Bonchev–Trinajstić information content (AvgIpc) is 2.36. The number of β-amino-alcohol motifs (C(OH)–C–C–N with tert-alkyl or cyclic N) is 1. The van der Waals surface area contributed by atoms with Crippen molar-refractivity contribution in [2.24, 2.45) is 0 Å². The number of hydrogen-bond donors (Lipinski definition) is 1. The van der Waals surface area contributed by atoms with Crippen LogP contribution in [0.3, 0.4) is 0 Å². The molecule has 1 aliphatic rings. The van der Waals surface area contributed by atoms with Crippen LogP contribution >= 0.6 is 11.6 Å². The van der Waals surface area contributed by atoms with Crippen LogP contribution in [0.4, 0.5) is 0 Å². The molecule has 104 valence electrons. The summed E-state index contributed by atoms with van der Waals surface area (Å²) in [6.45, 7) is 4.84. The molecule has 0 unspecified atom stereocenters. The van der Waals surface area contributed by atoms with E-state index in [1.165, 1.54) is 0 Å². The molecule has 19 heavy (non-hydrogen) atoms. The highest BCUT2D eigenvalue weighted by Crippen LogP contribution is 2.25.